The fraction of sp³-hybridized carbons (Fsp3) is 0.172. The topological polar surface area (TPSA) is 101 Å². The van der Waals surface area contributed by atoms with E-state index in [1.807, 2.05) is 42.5 Å². The van der Waals surface area contributed by atoms with Gasteiger partial charge in [0, 0.05) is 33.8 Å². The molecule has 0 bridgehead atoms. The first kappa shape index (κ1) is 24.0. The highest BCUT2D eigenvalue weighted by molar-refractivity contribution is 6.46. The van der Waals surface area contributed by atoms with Crippen LogP contribution in [-0.2, 0) is 16.1 Å². The molecule has 1 aliphatic rings. The van der Waals surface area contributed by atoms with Crippen LogP contribution in [0, 0.1) is 0 Å². The summed E-state index contributed by atoms with van der Waals surface area (Å²) in [4.78, 5) is 31.6. The molecule has 1 aliphatic heterocycles. The third kappa shape index (κ3) is 4.06. The molecule has 1 aromatic heterocycles. The third-order valence-corrected chi connectivity index (χ3v) is 6.65. The Bertz CT molecular complexity index is 1540. The van der Waals surface area contributed by atoms with E-state index in [1.165, 1.54) is 19.1 Å². The molecule has 2 N–H and O–H groups in total. The zero-order valence-corrected chi connectivity index (χ0v) is 20.6. The molecule has 0 spiro atoms. The zero-order chi connectivity index (χ0) is 26.1. The van der Waals surface area contributed by atoms with Crippen molar-refractivity contribution in [1.29, 1.82) is 0 Å². The van der Waals surface area contributed by atoms with Crippen LogP contribution in [-0.4, -0.2) is 48.0 Å². The number of amides is 1. The second-order valence-corrected chi connectivity index (χ2v) is 8.60. The van der Waals surface area contributed by atoms with Crippen LogP contribution in [0.25, 0.3) is 16.7 Å². The largest absolute Gasteiger partial charge is 0.507 e. The Morgan fingerprint density at radius 1 is 0.892 bits per heavy atom. The minimum atomic E-state index is -0.839. The number of rotatable bonds is 7. The van der Waals surface area contributed by atoms with Gasteiger partial charge in [0.05, 0.1) is 39.5 Å². The van der Waals surface area contributed by atoms with Crippen LogP contribution in [0.2, 0.25) is 0 Å². The highest BCUT2D eigenvalue weighted by Crippen LogP contribution is 2.44. The molecule has 0 radical (unpaired) electrons. The summed E-state index contributed by atoms with van der Waals surface area (Å²) in [6, 6.07) is 19.0. The maximum absolute atomic E-state index is 13.5. The Morgan fingerprint density at radius 3 is 2.35 bits per heavy atom. The van der Waals surface area contributed by atoms with Crippen molar-refractivity contribution < 1.29 is 28.9 Å². The van der Waals surface area contributed by atoms with Crippen molar-refractivity contribution in [2.24, 2.45) is 0 Å². The number of likely N-dealkylation sites (tertiary alicyclic amines) is 1. The molecular formula is C29H26N2O6. The molecule has 3 aromatic carbocycles. The van der Waals surface area contributed by atoms with E-state index in [-0.39, 0.29) is 17.9 Å². The first-order valence-corrected chi connectivity index (χ1v) is 11.7. The highest BCUT2D eigenvalue weighted by atomic mass is 16.5. The number of aliphatic hydroxyl groups excluding tert-OH is 1. The average molecular weight is 499 g/mol. The van der Waals surface area contributed by atoms with Crippen molar-refractivity contribution in [1.82, 2.24) is 9.88 Å². The molecule has 1 unspecified atom stereocenters. The van der Waals surface area contributed by atoms with Crippen LogP contribution >= 0.6 is 0 Å². The number of aromatic nitrogens is 1. The lowest BCUT2D eigenvalue weighted by molar-refractivity contribution is -0.140. The van der Waals surface area contributed by atoms with Gasteiger partial charge in [0.2, 0.25) is 0 Å². The number of ether oxygens (including phenoxy) is 3. The fourth-order valence-corrected chi connectivity index (χ4v) is 4.84. The standard InChI is InChI=1S/C29H26N2O6/c1-35-22-11-7-4-8-18(22)16-31-26(20-15-30-21-10-6-5-9-19(20)21)25(28(33)29(31)34)27(32)17-12-13-23(36-2)24(14-17)37-3/h4-15,26,30,32H,16H2,1-3H3/b27-25+. The second-order valence-electron chi connectivity index (χ2n) is 8.60. The average Bonchev–Trinajstić information content (AvgIpc) is 3.46. The van der Waals surface area contributed by atoms with Crippen molar-refractivity contribution in [2.75, 3.05) is 21.3 Å². The molecule has 1 atom stereocenters. The number of aromatic amines is 1. The number of hydrogen-bond acceptors (Lipinski definition) is 6. The SMILES string of the molecule is COc1ccccc1CN1C(=O)C(=O)/C(=C(/O)c2ccc(OC)c(OC)c2)C1c1c[nH]c2ccccc12. The Hall–Kier alpha value is -4.72. The minimum Gasteiger partial charge on any atom is -0.507 e. The van der Waals surface area contributed by atoms with Gasteiger partial charge < -0.3 is 29.2 Å². The van der Waals surface area contributed by atoms with Gasteiger partial charge in [-0.15, -0.1) is 0 Å². The number of H-pyrrole nitrogens is 1. The molecule has 5 rings (SSSR count). The molecule has 37 heavy (non-hydrogen) atoms. The van der Waals surface area contributed by atoms with Crippen molar-refractivity contribution in [3.63, 3.8) is 0 Å². The number of aliphatic hydroxyl groups is 1. The summed E-state index contributed by atoms with van der Waals surface area (Å²) < 4.78 is 16.2. The van der Waals surface area contributed by atoms with E-state index in [4.69, 9.17) is 14.2 Å². The number of nitrogens with zero attached hydrogens (tertiary/aromatic N) is 1. The number of fused-ring (bicyclic) bond motifs is 1. The van der Waals surface area contributed by atoms with E-state index in [9.17, 15) is 14.7 Å². The number of ketones is 1. The predicted molar refractivity (Wildman–Crippen MR) is 139 cm³/mol. The maximum Gasteiger partial charge on any atom is 0.295 e. The predicted octanol–water partition coefficient (Wildman–Crippen LogP) is 4.82. The zero-order valence-electron chi connectivity index (χ0n) is 20.6. The third-order valence-electron chi connectivity index (χ3n) is 6.65. The van der Waals surface area contributed by atoms with E-state index in [2.05, 4.69) is 4.98 Å². The lowest BCUT2D eigenvalue weighted by Crippen LogP contribution is -2.29. The number of Topliss-reactive ketones (excluding diaryl/α,β-unsaturated/α-hetero) is 1. The van der Waals surface area contributed by atoms with Gasteiger partial charge in [-0.2, -0.15) is 0 Å². The molecular weight excluding hydrogens is 472 g/mol. The van der Waals surface area contributed by atoms with E-state index in [0.29, 0.717) is 28.4 Å². The molecule has 0 aliphatic carbocycles. The van der Waals surface area contributed by atoms with E-state index in [1.54, 1.807) is 37.6 Å². The molecule has 4 aromatic rings. The lowest BCUT2D eigenvalue weighted by atomic mass is 9.94. The summed E-state index contributed by atoms with van der Waals surface area (Å²) in [5.74, 6) is -0.304. The van der Waals surface area contributed by atoms with Crippen molar-refractivity contribution >= 4 is 28.4 Å². The molecule has 1 amide bonds. The van der Waals surface area contributed by atoms with Crippen LogP contribution in [0.15, 0.2) is 78.5 Å². The van der Waals surface area contributed by atoms with Gasteiger partial charge in [-0.1, -0.05) is 36.4 Å². The Labute approximate surface area is 213 Å². The molecule has 8 heteroatoms. The number of methoxy groups -OCH3 is 3. The Morgan fingerprint density at radius 2 is 1.59 bits per heavy atom. The summed E-state index contributed by atoms with van der Waals surface area (Å²) in [5, 5.41) is 12.3. The van der Waals surface area contributed by atoms with Crippen molar-refractivity contribution in [3.8, 4) is 17.2 Å². The van der Waals surface area contributed by atoms with Gasteiger partial charge in [-0.25, -0.2) is 0 Å². The van der Waals surface area contributed by atoms with Gasteiger partial charge in [0.25, 0.3) is 11.7 Å². The van der Waals surface area contributed by atoms with Crippen LogP contribution < -0.4 is 14.2 Å². The molecule has 8 nitrogen and oxygen atoms in total. The summed E-state index contributed by atoms with van der Waals surface area (Å²) in [6.07, 6.45) is 1.78. The maximum atomic E-state index is 13.5. The molecule has 0 saturated carbocycles. The first-order valence-electron chi connectivity index (χ1n) is 11.7. The minimum absolute atomic E-state index is 0.00290. The summed E-state index contributed by atoms with van der Waals surface area (Å²) in [5.41, 5.74) is 2.62. The van der Waals surface area contributed by atoms with Gasteiger partial charge in [0.1, 0.15) is 11.5 Å². The molecule has 1 fully saturated rings. The van der Waals surface area contributed by atoms with E-state index in [0.717, 1.165) is 16.5 Å². The summed E-state index contributed by atoms with van der Waals surface area (Å²) >= 11 is 0. The number of para-hydroxylation sites is 2. The van der Waals surface area contributed by atoms with Crippen molar-refractivity contribution in [3.05, 3.63) is 95.2 Å². The van der Waals surface area contributed by atoms with Gasteiger partial charge >= 0.3 is 0 Å². The fourth-order valence-electron chi connectivity index (χ4n) is 4.84. The normalized spacial score (nSPS) is 16.8. The number of carbonyl (C=O) groups is 2. The van der Waals surface area contributed by atoms with Crippen molar-refractivity contribution in [2.45, 2.75) is 12.6 Å². The summed E-state index contributed by atoms with van der Waals surface area (Å²) in [7, 11) is 4.55. The smallest absolute Gasteiger partial charge is 0.295 e. The monoisotopic (exact) mass is 498 g/mol. The summed E-state index contributed by atoms with van der Waals surface area (Å²) in [6.45, 7) is 0.113. The number of benzene rings is 3. The molecule has 1 saturated heterocycles. The van der Waals surface area contributed by atoms with Crippen LogP contribution in [0.4, 0.5) is 0 Å². The first-order chi connectivity index (χ1) is 18.0. The van der Waals surface area contributed by atoms with Gasteiger partial charge in [-0.3, -0.25) is 9.59 Å². The van der Waals surface area contributed by atoms with Gasteiger partial charge in [-0.05, 0) is 30.3 Å². The van der Waals surface area contributed by atoms with E-state index >= 15 is 0 Å². The van der Waals surface area contributed by atoms with Gasteiger partial charge in [0.15, 0.2) is 11.5 Å². The highest BCUT2D eigenvalue weighted by Gasteiger charge is 2.47. The van der Waals surface area contributed by atoms with E-state index < -0.39 is 17.7 Å². The number of hydrogen-bond donors (Lipinski definition) is 2. The quantitative estimate of drug-likeness (QED) is 0.215. The molecule has 2 heterocycles. The molecule has 188 valence electrons. The van der Waals surface area contributed by atoms with Crippen LogP contribution in [0.5, 0.6) is 17.2 Å². The number of nitrogens with one attached hydrogen (secondary N) is 1. The van der Waals surface area contributed by atoms with Crippen LogP contribution in [0.3, 0.4) is 0 Å². The second kappa shape index (κ2) is 9.73. The Kier molecular flexibility index (Phi) is 6.31. The number of carbonyl (C=O) groups excluding carboxylic acids is 2. The Balaban J connectivity index is 1.71. The lowest BCUT2D eigenvalue weighted by Gasteiger charge is -2.25. The van der Waals surface area contributed by atoms with Crippen LogP contribution in [0.1, 0.15) is 22.7 Å².